The number of benzene rings is 2. The standard InChI is InChI=1S/C19H22ClN3O3S/c1-15-3-2-4-17(13-15)21-19(24)14-22-9-11-23(12-10-22)27(25,26)18-7-5-16(20)6-8-18/h2-8,13H,9-12,14H2,1H3,(H,21,24)/p+1. The number of aryl methyl sites for hydroxylation is 1. The van der Waals surface area contributed by atoms with Crippen molar-refractivity contribution in [2.24, 2.45) is 0 Å². The molecule has 0 aromatic heterocycles. The zero-order valence-corrected chi connectivity index (χ0v) is 16.7. The summed E-state index contributed by atoms with van der Waals surface area (Å²) in [5, 5.41) is 3.40. The summed E-state index contributed by atoms with van der Waals surface area (Å²) in [6.07, 6.45) is 0. The number of piperazine rings is 1. The molecule has 0 aliphatic carbocycles. The van der Waals surface area contributed by atoms with Gasteiger partial charge in [0, 0.05) is 10.7 Å². The van der Waals surface area contributed by atoms with Gasteiger partial charge in [-0.05, 0) is 48.9 Å². The summed E-state index contributed by atoms with van der Waals surface area (Å²) >= 11 is 5.83. The van der Waals surface area contributed by atoms with Gasteiger partial charge in [0.1, 0.15) is 0 Å². The minimum Gasteiger partial charge on any atom is -0.325 e. The molecule has 3 rings (SSSR count). The Kier molecular flexibility index (Phi) is 6.16. The number of halogens is 1. The molecule has 27 heavy (non-hydrogen) atoms. The highest BCUT2D eigenvalue weighted by molar-refractivity contribution is 7.89. The van der Waals surface area contributed by atoms with Crippen LogP contribution >= 0.6 is 11.6 Å². The number of nitrogens with one attached hydrogen (secondary N) is 2. The molecule has 0 bridgehead atoms. The second-order valence-electron chi connectivity index (χ2n) is 6.70. The molecule has 1 aliphatic rings. The van der Waals surface area contributed by atoms with Crippen molar-refractivity contribution < 1.29 is 18.1 Å². The Morgan fingerprint density at radius 1 is 1.15 bits per heavy atom. The normalized spacial score (nSPS) is 16.2. The maximum Gasteiger partial charge on any atom is 0.279 e. The van der Waals surface area contributed by atoms with E-state index in [1.807, 2.05) is 31.2 Å². The second kappa shape index (κ2) is 8.39. The molecule has 0 radical (unpaired) electrons. The van der Waals surface area contributed by atoms with E-state index < -0.39 is 10.0 Å². The molecule has 2 aromatic carbocycles. The van der Waals surface area contributed by atoms with E-state index in [9.17, 15) is 13.2 Å². The molecular formula is C19H23ClN3O3S+. The molecule has 0 spiro atoms. The number of hydrogen-bond donors (Lipinski definition) is 2. The minimum atomic E-state index is -3.52. The lowest BCUT2D eigenvalue weighted by Crippen LogP contribution is -3.15. The van der Waals surface area contributed by atoms with Crippen LogP contribution < -0.4 is 10.2 Å². The molecule has 2 N–H and O–H groups in total. The first kappa shape index (κ1) is 19.8. The summed E-state index contributed by atoms with van der Waals surface area (Å²) < 4.78 is 26.9. The first-order chi connectivity index (χ1) is 12.8. The summed E-state index contributed by atoms with van der Waals surface area (Å²) in [6, 6.07) is 13.8. The van der Waals surface area contributed by atoms with Crippen molar-refractivity contribution in [1.82, 2.24) is 4.31 Å². The van der Waals surface area contributed by atoms with Gasteiger partial charge in [0.05, 0.1) is 31.1 Å². The number of hydrogen-bond acceptors (Lipinski definition) is 3. The summed E-state index contributed by atoms with van der Waals surface area (Å²) in [5.74, 6) is -0.0652. The van der Waals surface area contributed by atoms with Crippen LogP contribution in [0.5, 0.6) is 0 Å². The summed E-state index contributed by atoms with van der Waals surface area (Å²) in [5.41, 5.74) is 1.87. The fourth-order valence-electron chi connectivity index (χ4n) is 3.13. The third-order valence-electron chi connectivity index (χ3n) is 4.59. The summed E-state index contributed by atoms with van der Waals surface area (Å²) in [7, 11) is -3.52. The second-order valence-corrected chi connectivity index (χ2v) is 9.08. The number of amides is 1. The van der Waals surface area contributed by atoms with E-state index in [1.54, 1.807) is 12.1 Å². The van der Waals surface area contributed by atoms with Crippen molar-refractivity contribution >= 4 is 33.2 Å². The van der Waals surface area contributed by atoms with Crippen LogP contribution in [0.15, 0.2) is 53.4 Å². The van der Waals surface area contributed by atoms with Gasteiger partial charge in [0.2, 0.25) is 10.0 Å². The maximum absolute atomic E-state index is 12.7. The van der Waals surface area contributed by atoms with Crippen LogP contribution in [0.3, 0.4) is 0 Å². The number of carbonyl (C=O) groups excluding carboxylic acids is 1. The smallest absolute Gasteiger partial charge is 0.279 e. The van der Waals surface area contributed by atoms with Crippen LogP contribution in [0, 0.1) is 6.92 Å². The summed E-state index contributed by atoms with van der Waals surface area (Å²) in [6.45, 7) is 4.25. The number of quaternary nitrogens is 1. The third kappa shape index (κ3) is 5.07. The molecule has 2 aromatic rings. The van der Waals surface area contributed by atoms with E-state index in [0.29, 0.717) is 37.7 Å². The molecule has 1 fully saturated rings. The van der Waals surface area contributed by atoms with Crippen LogP contribution in [0.1, 0.15) is 5.56 Å². The lowest BCUT2D eigenvalue weighted by Gasteiger charge is -2.31. The number of rotatable bonds is 5. The molecule has 1 amide bonds. The first-order valence-corrected chi connectivity index (χ1v) is 10.6. The van der Waals surface area contributed by atoms with E-state index in [2.05, 4.69) is 5.32 Å². The molecule has 1 saturated heterocycles. The van der Waals surface area contributed by atoms with Gasteiger partial charge in [0.15, 0.2) is 6.54 Å². The fraction of sp³-hybridized carbons (Fsp3) is 0.316. The van der Waals surface area contributed by atoms with Gasteiger partial charge < -0.3 is 10.2 Å². The van der Waals surface area contributed by atoms with Crippen LogP contribution in [0.2, 0.25) is 5.02 Å². The Morgan fingerprint density at radius 3 is 2.44 bits per heavy atom. The van der Waals surface area contributed by atoms with Gasteiger partial charge >= 0.3 is 0 Å². The zero-order valence-electron chi connectivity index (χ0n) is 15.1. The van der Waals surface area contributed by atoms with Crippen molar-refractivity contribution in [3.05, 3.63) is 59.1 Å². The molecule has 8 heteroatoms. The predicted octanol–water partition coefficient (Wildman–Crippen LogP) is 1.18. The SMILES string of the molecule is Cc1cccc(NC(=O)C[NH+]2CCN(S(=O)(=O)c3ccc(Cl)cc3)CC2)c1. The number of sulfonamides is 1. The van der Waals surface area contributed by atoms with E-state index >= 15 is 0 Å². The monoisotopic (exact) mass is 408 g/mol. The Bertz CT molecular complexity index is 908. The quantitative estimate of drug-likeness (QED) is 0.780. The fourth-order valence-corrected chi connectivity index (χ4v) is 4.70. The van der Waals surface area contributed by atoms with E-state index in [-0.39, 0.29) is 10.8 Å². The zero-order chi connectivity index (χ0) is 19.4. The van der Waals surface area contributed by atoms with Crippen molar-refractivity contribution in [3.8, 4) is 0 Å². The van der Waals surface area contributed by atoms with Crippen molar-refractivity contribution in [1.29, 1.82) is 0 Å². The topological polar surface area (TPSA) is 70.9 Å². The highest BCUT2D eigenvalue weighted by Crippen LogP contribution is 2.18. The van der Waals surface area contributed by atoms with Gasteiger partial charge in [-0.2, -0.15) is 4.31 Å². The number of anilines is 1. The summed E-state index contributed by atoms with van der Waals surface area (Å²) in [4.78, 5) is 13.6. The lowest BCUT2D eigenvalue weighted by molar-refractivity contribution is -0.895. The van der Waals surface area contributed by atoms with Gasteiger partial charge in [-0.25, -0.2) is 8.42 Å². The Hall–Kier alpha value is -1.93. The molecule has 0 unspecified atom stereocenters. The predicted molar refractivity (Wildman–Crippen MR) is 106 cm³/mol. The van der Waals surface area contributed by atoms with Crippen molar-refractivity contribution in [2.75, 3.05) is 38.0 Å². The molecular weight excluding hydrogens is 386 g/mol. The van der Waals surface area contributed by atoms with Gasteiger partial charge in [-0.1, -0.05) is 23.7 Å². The van der Waals surface area contributed by atoms with E-state index in [1.165, 1.54) is 16.4 Å². The highest BCUT2D eigenvalue weighted by atomic mass is 35.5. The van der Waals surface area contributed by atoms with E-state index in [4.69, 9.17) is 11.6 Å². The number of nitrogens with zero attached hydrogens (tertiary/aromatic N) is 1. The Balaban J connectivity index is 1.54. The van der Waals surface area contributed by atoms with Crippen LogP contribution in [-0.4, -0.2) is 51.4 Å². The van der Waals surface area contributed by atoms with Gasteiger partial charge in [0.25, 0.3) is 5.91 Å². The van der Waals surface area contributed by atoms with E-state index in [0.717, 1.165) is 16.2 Å². The van der Waals surface area contributed by atoms with Gasteiger partial charge in [-0.15, -0.1) is 0 Å². The van der Waals surface area contributed by atoms with Crippen molar-refractivity contribution in [2.45, 2.75) is 11.8 Å². The average Bonchev–Trinajstić information content (AvgIpc) is 2.62. The Morgan fingerprint density at radius 2 is 1.81 bits per heavy atom. The number of carbonyl (C=O) groups is 1. The molecule has 1 aliphatic heterocycles. The lowest BCUT2D eigenvalue weighted by atomic mass is 10.2. The van der Waals surface area contributed by atoms with Crippen LogP contribution in [-0.2, 0) is 14.8 Å². The van der Waals surface area contributed by atoms with Crippen LogP contribution in [0.4, 0.5) is 5.69 Å². The molecule has 144 valence electrons. The Labute approximate surface area is 164 Å². The average molecular weight is 409 g/mol. The molecule has 0 atom stereocenters. The third-order valence-corrected chi connectivity index (χ3v) is 6.76. The van der Waals surface area contributed by atoms with Gasteiger partial charge in [-0.3, -0.25) is 4.79 Å². The first-order valence-electron chi connectivity index (χ1n) is 8.80. The molecule has 1 heterocycles. The maximum atomic E-state index is 12.7. The minimum absolute atomic E-state index is 0.0652. The molecule has 6 nitrogen and oxygen atoms in total. The van der Waals surface area contributed by atoms with Crippen LogP contribution in [0.25, 0.3) is 0 Å². The largest absolute Gasteiger partial charge is 0.325 e. The molecule has 0 saturated carbocycles. The van der Waals surface area contributed by atoms with Crippen molar-refractivity contribution in [3.63, 3.8) is 0 Å². The highest BCUT2D eigenvalue weighted by Gasteiger charge is 2.31.